The normalized spacial score (nSPS) is 10.1. The first-order chi connectivity index (χ1) is 13.5. The van der Waals surface area contributed by atoms with Crippen molar-refractivity contribution in [1.29, 1.82) is 0 Å². The molecule has 6 nitrogen and oxygen atoms in total. The first-order valence-corrected chi connectivity index (χ1v) is 9.11. The fourth-order valence-electron chi connectivity index (χ4n) is 2.47. The van der Waals surface area contributed by atoms with E-state index in [2.05, 4.69) is 11.9 Å². The van der Waals surface area contributed by atoms with Crippen LogP contribution >= 0.6 is 0 Å². The summed E-state index contributed by atoms with van der Waals surface area (Å²) in [6.45, 7) is 6.90. The van der Waals surface area contributed by atoms with Gasteiger partial charge >= 0.3 is 0 Å². The molecule has 0 bridgehead atoms. The maximum Gasteiger partial charge on any atom is 0.251 e. The van der Waals surface area contributed by atoms with Crippen molar-refractivity contribution in [1.82, 2.24) is 10.2 Å². The number of rotatable bonds is 10. The Labute approximate surface area is 165 Å². The largest absolute Gasteiger partial charge is 0.494 e. The van der Waals surface area contributed by atoms with Crippen molar-refractivity contribution < 1.29 is 19.1 Å². The number of benzene rings is 2. The highest BCUT2D eigenvalue weighted by Gasteiger charge is 2.12. The summed E-state index contributed by atoms with van der Waals surface area (Å²) in [6.07, 6.45) is 1.68. The number of amides is 2. The molecule has 6 heteroatoms. The second-order valence-corrected chi connectivity index (χ2v) is 6.13. The number of nitrogens with one attached hydrogen (secondary N) is 1. The molecule has 0 aliphatic heterocycles. The number of hydrogen-bond donors (Lipinski definition) is 1. The lowest BCUT2D eigenvalue weighted by molar-refractivity contribution is -0.129. The van der Waals surface area contributed by atoms with Crippen LogP contribution in [-0.2, 0) is 11.3 Å². The maximum atomic E-state index is 12.3. The van der Waals surface area contributed by atoms with Crippen LogP contribution < -0.4 is 14.8 Å². The van der Waals surface area contributed by atoms with E-state index in [9.17, 15) is 9.59 Å². The van der Waals surface area contributed by atoms with Crippen LogP contribution in [0.3, 0.4) is 0 Å². The third-order valence-electron chi connectivity index (χ3n) is 3.96. The summed E-state index contributed by atoms with van der Waals surface area (Å²) in [4.78, 5) is 26.0. The standard InChI is InChI=1S/C22H26N2O4/c1-4-14-28-20-10-6-17(7-11-20)16-24(3)21(25)15-23-22(26)18-8-12-19(13-9-18)27-5-2/h4,6-13H,1,5,14-16H2,2-3H3,(H,23,26). The van der Waals surface area contributed by atoms with Crippen molar-refractivity contribution in [2.24, 2.45) is 0 Å². The second kappa shape index (κ2) is 10.8. The zero-order chi connectivity index (χ0) is 20.4. The van der Waals surface area contributed by atoms with Gasteiger partial charge in [0.2, 0.25) is 5.91 Å². The maximum absolute atomic E-state index is 12.3. The highest BCUT2D eigenvalue weighted by atomic mass is 16.5. The number of likely N-dealkylation sites (N-methyl/N-ethyl adjacent to an activating group) is 1. The molecule has 0 radical (unpaired) electrons. The molecule has 0 aliphatic carbocycles. The van der Waals surface area contributed by atoms with E-state index in [-0.39, 0.29) is 18.4 Å². The van der Waals surface area contributed by atoms with Crippen LogP contribution in [0.25, 0.3) is 0 Å². The van der Waals surface area contributed by atoms with Gasteiger partial charge in [0.25, 0.3) is 5.91 Å². The quantitative estimate of drug-likeness (QED) is 0.642. The van der Waals surface area contributed by atoms with E-state index in [0.717, 1.165) is 11.3 Å². The van der Waals surface area contributed by atoms with Gasteiger partial charge in [-0.2, -0.15) is 0 Å². The molecule has 2 amide bonds. The van der Waals surface area contributed by atoms with E-state index in [4.69, 9.17) is 9.47 Å². The van der Waals surface area contributed by atoms with E-state index < -0.39 is 0 Å². The average molecular weight is 382 g/mol. The summed E-state index contributed by atoms with van der Waals surface area (Å²) >= 11 is 0. The van der Waals surface area contributed by atoms with Crippen LogP contribution in [0, 0.1) is 0 Å². The topological polar surface area (TPSA) is 67.9 Å². The summed E-state index contributed by atoms with van der Waals surface area (Å²) in [7, 11) is 1.70. The van der Waals surface area contributed by atoms with Gasteiger partial charge in [-0.25, -0.2) is 0 Å². The first-order valence-electron chi connectivity index (χ1n) is 9.11. The van der Waals surface area contributed by atoms with Crippen LogP contribution in [0.15, 0.2) is 61.2 Å². The monoisotopic (exact) mass is 382 g/mol. The van der Waals surface area contributed by atoms with Gasteiger partial charge in [0.15, 0.2) is 0 Å². The molecule has 1 N–H and O–H groups in total. The molecule has 0 spiro atoms. The van der Waals surface area contributed by atoms with Crippen molar-refractivity contribution in [3.63, 3.8) is 0 Å². The van der Waals surface area contributed by atoms with Gasteiger partial charge < -0.3 is 19.7 Å². The van der Waals surface area contributed by atoms with Crippen molar-refractivity contribution in [2.75, 3.05) is 26.8 Å². The molecule has 0 atom stereocenters. The Kier molecular flexibility index (Phi) is 8.09. The highest BCUT2D eigenvalue weighted by Crippen LogP contribution is 2.14. The molecule has 2 aromatic carbocycles. The predicted molar refractivity (Wildman–Crippen MR) is 109 cm³/mol. The number of ether oxygens (including phenoxy) is 2. The van der Waals surface area contributed by atoms with Gasteiger partial charge in [0.1, 0.15) is 18.1 Å². The van der Waals surface area contributed by atoms with Gasteiger partial charge in [-0.05, 0) is 48.9 Å². The summed E-state index contributed by atoms with van der Waals surface area (Å²) in [5, 5.41) is 2.65. The molecule has 28 heavy (non-hydrogen) atoms. The molecule has 2 rings (SSSR count). The van der Waals surface area contributed by atoms with Crippen LogP contribution in [-0.4, -0.2) is 43.5 Å². The Hall–Kier alpha value is -3.28. The van der Waals surface area contributed by atoms with Gasteiger partial charge in [-0.1, -0.05) is 24.8 Å². The van der Waals surface area contributed by atoms with Gasteiger partial charge in [-0.15, -0.1) is 0 Å². The van der Waals surface area contributed by atoms with Crippen LogP contribution in [0.4, 0.5) is 0 Å². The molecule has 0 aliphatic rings. The molecule has 0 unspecified atom stereocenters. The SMILES string of the molecule is C=CCOc1ccc(CN(C)C(=O)CNC(=O)c2ccc(OCC)cc2)cc1. The summed E-state index contributed by atoms with van der Waals surface area (Å²) in [6, 6.07) is 14.3. The van der Waals surface area contributed by atoms with Crippen molar-refractivity contribution >= 4 is 11.8 Å². The smallest absolute Gasteiger partial charge is 0.251 e. The predicted octanol–water partition coefficient (Wildman–Crippen LogP) is 3.04. The van der Waals surface area contributed by atoms with Crippen LogP contribution in [0.1, 0.15) is 22.8 Å². The van der Waals surface area contributed by atoms with Gasteiger partial charge in [0.05, 0.1) is 13.2 Å². The lowest BCUT2D eigenvalue weighted by atomic mass is 10.2. The number of hydrogen-bond acceptors (Lipinski definition) is 4. The molecule has 0 saturated carbocycles. The number of nitrogens with zero attached hydrogens (tertiary/aromatic N) is 1. The average Bonchev–Trinajstić information content (AvgIpc) is 2.72. The highest BCUT2D eigenvalue weighted by molar-refractivity contribution is 5.96. The van der Waals surface area contributed by atoms with Crippen LogP contribution in [0.5, 0.6) is 11.5 Å². The Balaban J connectivity index is 1.81. The number of carbonyl (C=O) groups is 2. The minimum atomic E-state index is -0.298. The van der Waals surface area contributed by atoms with Crippen molar-refractivity contribution in [2.45, 2.75) is 13.5 Å². The third-order valence-corrected chi connectivity index (χ3v) is 3.96. The molecule has 0 aromatic heterocycles. The van der Waals surface area contributed by atoms with E-state index >= 15 is 0 Å². The Morgan fingerprint density at radius 3 is 2.25 bits per heavy atom. The van der Waals surface area contributed by atoms with Gasteiger partial charge in [0, 0.05) is 19.2 Å². The Bertz CT molecular complexity index is 785. The lowest BCUT2D eigenvalue weighted by Crippen LogP contribution is -2.37. The van der Waals surface area contributed by atoms with E-state index in [0.29, 0.717) is 31.1 Å². The molecular weight excluding hydrogens is 356 g/mol. The third kappa shape index (κ3) is 6.46. The van der Waals surface area contributed by atoms with Crippen molar-refractivity contribution in [3.8, 4) is 11.5 Å². The molecule has 148 valence electrons. The second-order valence-electron chi connectivity index (χ2n) is 6.13. The van der Waals surface area contributed by atoms with E-state index in [1.807, 2.05) is 31.2 Å². The Morgan fingerprint density at radius 1 is 1.04 bits per heavy atom. The molecule has 2 aromatic rings. The molecule has 0 heterocycles. The minimum absolute atomic E-state index is 0.0664. The van der Waals surface area contributed by atoms with E-state index in [1.165, 1.54) is 0 Å². The van der Waals surface area contributed by atoms with E-state index in [1.54, 1.807) is 42.3 Å². The minimum Gasteiger partial charge on any atom is -0.494 e. The zero-order valence-electron chi connectivity index (χ0n) is 16.3. The summed E-state index contributed by atoms with van der Waals surface area (Å²) < 4.78 is 10.8. The Morgan fingerprint density at radius 2 is 1.64 bits per heavy atom. The van der Waals surface area contributed by atoms with Gasteiger partial charge in [-0.3, -0.25) is 9.59 Å². The van der Waals surface area contributed by atoms with Crippen molar-refractivity contribution in [3.05, 3.63) is 72.3 Å². The molecular formula is C22H26N2O4. The lowest BCUT2D eigenvalue weighted by Gasteiger charge is -2.18. The summed E-state index contributed by atoms with van der Waals surface area (Å²) in [5.41, 5.74) is 1.45. The fourth-order valence-corrected chi connectivity index (χ4v) is 2.47. The number of carbonyl (C=O) groups excluding carboxylic acids is 2. The summed E-state index contributed by atoms with van der Waals surface area (Å²) in [5.74, 6) is 0.982. The molecule has 0 fully saturated rings. The molecule has 0 saturated heterocycles. The fraction of sp³-hybridized carbons (Fsp3) is 0.273. The van der Waals surface area contributed by atoms with Crippen LogP contribution in [0.2, 0.25) is 0 Å². The first kappa shape index (κ1) is 21.0. The zero-order valence-corrected chi connectivity index (χ0v) is 16.3.